The Morgan fingerprint density at radius 1 is 1.14 bits per heavy atom. The van der Waals surface area contributed by atoms with E-state index in [4.69, 9.17) is 0 Å². The number of rotatable bonds is 5. The van der Waals surface area contributed by atoms with E-state index >= 15 is 0 Å². The monoisotopic (exact) mass is 193 g/mol. The summed E-state index contributed by atoms with van der Waals surface area (Å²) in [5.41, 5.74) is 1.45. The highest BCUT2D eigenvalue weighted by Gasteiger charge is 2.04. The molecule has 0 aliphatic heterocycles. The first kappa shape index (κ1) is 11.5. The molecule has 1 heteroatoms. The molecule has 0 aromatic rings. The Bertz CT molecular complexity index is 183. The highest BCUT2D eigenvalue weighted by molar-refractivity contribution is 5.85. The van der Waals surface area contributed by atoms with Gasteiger partial charge in [-0.25, -0.2) is 0 Å². The van der Waals surface area contributed by atoms with E-state index in [0.717, 1.165) is 6.54 Å². The quantitative estimate of drug-likeness (QED) is 0.459. The molecule has 1 nitrogen and oxygen atoms in total. The molecule has 0 saturated heterocycles. The van der Waals surface area contributed by atoms with Crippen LogP contribution in [0.4, 0.5) is 0 Å². The summed E-state index contributed by atoms with van der Waals surface area (Å²) < 4.78 is 0. The van der Waals surface area contributed by atoms with E-state index in [9.17, 15) is 0 Å². The van der Waals surface area contributed by atoms with Crippen molar-refractivity contribution in [3.05, 3.63) is 12.2 Å². The molecule has 80 valence electrons. The second-order valence-electron chi connectivity index (χ2n) is 4.08. The lowest BCUT2D eigenvalue weighted by molar-refractivity contribution is 0.664. The van der Waals surface area contributed by atoms with Gasteiger partial charge in [0.2, 0.25) is 0 Å². The third-order valence-electron chi connectivity index (χ3n) is 2.74. The molecule has 0 aromatic carbocycles. The third-order valence-corrected chi connectivity index (χ3v) is 2.74. The molecule has 0 unspecified atom stereocenters. The highest BCUT2D eigenvalue weighted by Crippen LogP contribution is 2.14. The van der Waals surface area contributed by atoms with Gasteiger partial charge in [-0.05, 0) is 32.1 Å². The Labute approximate surface area is 88.3 Å². The normalized spacial score (nSPS) is 17.6. The average Bonchev–Trinajstić information content (AvgIpc) is 2.25. The van der Waals surface area contributed by atoms with Crippen LogP contribution in [0, 0.1) is 0 Å². The van der Waals surface area contributed by atoms with Crippen LogP contribution in [-0.4, -0.2) is 12.3 Å². The van der Waals surface area contributed by atoms with E-state index in [1.807, 2.05) is 0 Å². The Kier molecular flexibility index (Phi) is 6.38. The van der Waals surface area contributed by atoms with Crippen molar-refractivity contribution in [1.82, 2.24) is 0 Å². The zero-order chi connectivity index (χ0) is 10.1. The predicted molar refractivity (Wildman–Crippen MR) is 64.1 cm³/mol. The van der Waals surface area contributed by atoms with Crippen LogP contribution in [0.1, 0.15) is 58.3 Å². The first-order valence-corrected chi connectivity index (χ1v) is 6.10. The molecule has 1 saturated carbocycles. The molecule has 0 radical (unpaired) electrons. The summed E-state index contributed by atoms with van der Waals surface area (Å²) in [5, 5.41) is 0. The van der Waals surface area contributed by atoms with Crippen molar-refractivity contribution < 1.29 is 0 Å². The summed E-state index contributed by atoms with van der Waals surface area (Å²) in [6, 6.07) is 0. The molecule has 0 bridgehead atoms. The molecular weight excluding hydrogens is 170 g/mol. The van der Waals surface area contributed by atoms with Crippen LogP contribution in [0.2, 0.25) is 0 Å². The summed E-state index contributed by atoms with van der Waals surface area (Å²) in [7, 11) is 0. The summed E-state index contributed by atoms with van der Waals surface area (Å²) in [6.07, 6.45) is 15.0. The summed E-state index contributed by atoms with van der Waals surface area (Å²) >= 11 is 0. The van der Waals surface area contributed by atoms with E-state index in [-0.39, 0.29) is 0 Å². The topological polar surface area (TPSA) is 12.4 Å². The van der Waals surface area contributed by atoms with Gasteiger partial charge in [-0.15, -0.1) is 0 Å². The van der Waals surface area contributed by atoms with Crippen LogP contribution < -0.4 is 0 Å². The lowest BCUT2D eigenvalue weighted by atomic mass is 9.98. The fraction of sp³-hybridized carbons (Fsp3) is 0.769. The summed E-state index contributed by atoms with van der Waals surface area (Å²) in [5.74, 6) is 0. The molecule has 1 fully saturated rings. The number of hydrogen-bond acceptors (Lipinski definition) is 1. The minimum Gasteiger partial charge on any atom is -0.290 e. The van der Waals surface area contributed by atoms with Crippen LogP contribution >= 0.6 is 0 Å². The van der Waals surface area contributed by atoms with Crippen LogP contribution in [0.15, 0.2) is 17.1 Å². The van der Waals surface area contributed by atoms with Gasteiger partial charge in [0.05, 0.1) is 6.54 Å². The van der Waals surface area contributed by atoms with Gasteiger partial charge in [0.1, 0.15) is 0 Å². The van der Waals surface area contributed by atoms with Crippen molar-refractivity contribution in [1.29, 1.82) is 0 Å². The first-order chi connectivity index (χ1) is 6.93. The molecule has 0 amide bonds. The van der Waals surface area contributed by atoms with E-state index in [1.165, 1.54) is 57.1 Å². The Morgan fingerprint density at radius 3 is 2.64 bits per heavy atom. The Morgan fingerprint density at radius 2 is 1.93 bits per heavy atom. The van der Waals surface area contributed by atoms with Crippen molar-refractivity contribution in [2.24, 2.45) is 4.99 Å². The molecule has 14 heavy (non-hydrogen) atoms. The Hall–Kier alpha value is -0.590. The van der Waals surface area contributed by atoms with Crippen LogP contribution in [0.5, 0.6) is 0 Å². The van der Waals surface area contributed by atoms with E-state index < -0.39 is 0 Å². The molecule has 1 rings (SSSR count). The van der Waals surface area contributed by atoms with Crippen LogP contribution in [0.25, 0.3) is 0 Å². The maximum atomic E-state index is 4.61. The van der Waals surface area contributed by atoms with Gasteiger partial charge in [0, 0.05) is 5.71 Å². The zero-order valence-electron chi connectivity index (χ0n) is 9.47. The molecule has 0 heterocycles. The third kappa shape index (κ3) is 5.21. The summed E-state index contributed by atoms with van der Waals surface area (Å²) in [4.78, 5) is 4.61. The molecule has 1 aliphatic carbocycles. The number of nitrogens with zero attached hydrogens (tertiary/aromatic N) is 1. The Balaban J connectivity index is 2.08. The standard InChI is InChI=1S/C13H23N/c1-2-3-4-5-9-12-14-13-10-7-6-8-11-13/h5,9H,2-4,6-8,10-12H2,1H3/b9-5+. The van der Waals surface area contributed by atoms with Crippen molar-refractivity contribution >= 4 is 5.71 Å². The molecular formula is C13H23N. The first-order valence-electron chi connectivity index (χ1n) is 6.10. The van der Waals surface area contributed by atoms with Gasteiger partial charge in [-0.1, -0.05) is 38.3 Å². The van der Waals surface area contributed by atoms with E-state index in [0.29, 0.717) is 0 Å². The number of allylic oxidation sites excluding steroid dienone is 1. The predicted octanol–water partition coefficient (Wildman–Crippen LogP) is 4.14. The minimum absolute atomic E-state index is 0.916. The highest BCUT2D eigenvalue weighted by atomic mass is 14.7. The number of hydrogen-bond donors (Lipinski definition) is 0. The smallest absolute Gasteiger partial charge is 0.0569 e. The lowest BCUT2D eigenvalue weighted by Crippen LogP contribution is -2.04. The van der Waals surface area contributed by atoms with Crippen molar-refractivity contribution in [3.8, 4) is 0 Å². The summed E-state index contributed by atoms with van der Waals surface area (Å²) in [6.45, 7) is 3.15. The van der Waals surface area contributed by atoms with Gasteiger partial charge >= 0.3 is 0 Å². The van der Waals surface area contributed by atoms with Crippen molar-refractivity contribution in [3.63, 3.8) is 0 Å². The van der Waals surface area contributed by atoms with Crippen LogP contribution in [-0.2, 0) is 0 Å². The second kappa shape index (κ2) is 7.78. The minimum atomic E-state index is 0.916. The maximum Gasteiger partial charge on any atom is 0.0569 e. The zero-order valence-corrected chi connectivity index (χ0v) is 9.47. The average molecular weight is 193 g/mol. The van der Waals surface area contributed by atoms with Gasteiger partial charge in [0.15, 0.2) is 0 Å². The fourth-order valence-corrected chi connectivity index (χ4v) is 1.81. The van der Waals surface area contributed by atoms with Gasteiger partial charge in [-0.2, -0.15) is 0 Å². The van der Waals surface area contributed by atoms with Gasteiger partial charge in [-0.3, -0.25) is 4.99 Å². The fourth-order valence-electron chi connectivity index (χ4n) is 1.81. The number of unbranched alkanes of at least 4 members (excludes halogenated alkanes) is 2. The van der Waals surface area contributed by atoms with Crippen molar-refractivity contribution in [2.75, 3.05) is 6.54 Å². The van der Waals surface area contributed by atoms with E-state index in [2.05, 4.69) is 24.1 Å². The lowest BCUT2D eigenvalue weighted by Gasteiger charge is -2.11. The molecule has 0 spiro atoms. The number of aliphatic imine (C=N–C) groups is 1. The molecule has 1 aliphatic rings. The van der Waals surface area contributed by atoms with Gasteiger partial charge in [0.25, 0.3) is 0 Å². The molecule has 0 N–H and O–H groups in total. The molecule has 0 atom stereocenters. The second-order valence-corrected chi connectivity index (χ2v) is 4.08. The van der Waals surface area contributed by atoms with Crippen LogP contribution in [0.3, 0.4) is 0 Å². The van der Waals surface area contributed by atoms with Crippen molar-refractivity contribution in [2.45, 2.75) is 58.3 Å². The van der Waals surface area contributed by atoms with Gasteiger partial charge < -0.3 is 0 Å². The SMILES string of the molecule is CCCC/C=C/CN=C1CCCCC1. The largest absolute Gasteiger partial charge is 0.290 e. The van der Waals surface area contributed by atoms with E-state index in [1.54, 1.807) is 0 Å². The maximum absolute atomic E-state index is 4.61. The molecule has 0 aromatic heterocycles.